The molecule has 0 aromatic rings. The van der Waals surface area contributed by atoms with Crippen LogP contribution in [0.25, 0.3) is 0 Å². The van der Waals surface area contributed by atoms with Crippen molar-refractivity contribution in [3.05, 3.63) is 11.6 Å². The van der Waals surface area contributed by atoms with E-state index in [1.165, 1.54) is 6.92 Å². The second-order valence-electron chi connectivity index (χ2n) is 1.46. The molecule has 0 amide bonds. The highest BCUT2D eigenvalue weighted by Gasteiger charge is 2.22. The van der Waals surface area contributed by atoms with Gasteiger partial charge in [-0.05, 0) is 13.0 Å². The van der Waals surface area contributed by atoms with Crippen LogP contribution >= 0.6 is 7.60 Å². The number of rotatable bonds is 3. The Morgan fingerprint density at radius 1 is 1.73 bits per heavy atom. The zero-order chi connectivity index (χ0) is 9.07. The van der Waals surface area contributed by atoms with Gasteiger partial charge in [-0.3, -0.25) is 4.57 Å². The largest absolute Gasteiger partial charge is 0.740 e. The van der Waals surface area contributed by atoms with Crippen molar-refractivity contribution in [2.45, 2.75) is 6.92 Å². The van der Waals surface area contributed by atoms with Crippen LogP contribution in [0.3, 0.4) is 0 Å². The van der Waals surface area contributed by atoms with Gasteiger partial charge in [0.1, 0.15) is 11.4 Å². The van der Waals surface area contributed by atoms with Crippen molar-refractivity contribution in [1.82, 2.24) is 0 Å². The predicted octanol–water partition coefficient (Wildman–Crippen LogP) is -0.164. The maximum Gasteiger partial charge on any atom is 0.391 e. The van der Waals surface area contributed by atoms with Gasteiger partial charge >= 0.3 is 7.60 Å². The van der Waals surface area contributed by atoms with Gasteiger partial charge in [-0.15, -0.1) is 0 Å². The van der Waals surface area contributed by atoms with E-state index >= 15 is 0 Å². The highest BCUT2D eigenvalue weighted by atomic mass is 32.2. The molecule has 0 aliphatic carbocycles. The first-order valence-electron chi connectivity index (χ1n) is 2.38. The summed E-state index contributed by atoms with van der Waals surface area (Å²) in [5, 5.41) is 0. The number of hydrogen-bond donors (Lipinski definition) is 2. The van der Waals surface area contributed by atoms with E-state index in [4.69, 9.17) is 9.79 Å². The molecule has 0 bridgehead atoms. The summed E-state index contributed by atoms with van der Waals surface area (Å²) in [6, 6.07) is 0. The molecule has 0 saturated heterocycles. The van der Waals surface area contributed by atoms with Crippen LogP contribution in [0.2, 0.25) is 0 Å². The third-order valence-electron chi connectivity index (χ3n) is 0.687. The molecule has 2 N–H and O–H groups in total. The summed E-state index contributed by atoms with van der Waals surface area (Å²) in [5.74, 6) is 0. The van der Waals surface area contributed by atoms with Crippen LogP contribution in [0.15, 0.2) is 11.6 Å². The van der Waals surface area contributed by atoms with Gasteiger partial charge in [0.15, 0.2) is 0 Å². The van der Waals surface area contributed by atoms with Crippen LogP contribution in [0.5, 0.6) is 0 Å². The van der Waals surface area contributed by atoms with Gasteiger partial charge in [-0.2, -0.15) is 0 Å². The smallest absolute Gasteiger partial charge is 0.391 e. The molecule has 0 radical (unpaired) electrons. The van der Waals surface area contributed by atoms with Crippen molar-refractivity contribution in [1.29, 1.82) is 0 Å². The van der Waals surface area contributed by atoms with Crippen LogP contribution in [0, 0.1) is 0 Å². The van der Waals surface area contributed by atoms with Crippen molar-refractivity contribution in [2.24, 2.45) is 0 Å². The zero-order valence-corrected chi connectivity index (χ0v) is 7.17. The quantitative estimate of drug-likeness (QED) is 0.373. The van der Waals surface area contributed by atoms with Gasteiger partial charge in [0.2, 0.25) is 5.50 Å². The fraction of sp³-hybridized carbons (Fsp3) is 0.333. The molecular weight excluding hydrogens is 195 g/mol. The van der Waals surface area contributed by atoms with Crippen LogP contribution in [-0.4, -0.2) is 18.5 Å². The van der Waals surface area contributed by atoms with Crippen molar-refractivity contribution < 1.29 is 27.3 Å². The Hall–Kier alpha value is -0.200. The molecule has 0 aliphatic rings. The van der Waals surface area contributed by atoms with E-state index < -0.39 is 24.5 Å². The van der Waals surface area contributed by atoms with E-state index in [0.29, 0.717) is 0 Å². The average Bonchev–Trinajstić information content (AvgIpc) is 1.79. The van der Waals surface area contributed by atoms with E-state index in [9.17, 15) is 13.3 Å². The summed E-state index contributed by atoms with van der Waals surface area (Å²) < 4.78 is 33.7. The Bertz CT molecular complexity index is 228. The summed E-state index contributed by atoms with van der Waals surface area (Å²) in [5.41, 5.74) is -0.870. The summed E-state index contributed by atoms with van der Waals surface area (Å²) in [6.45, 7) is 1.25. The van der Waals surface area contributed by atoms with E-state index in [2.05, 4.69) is 4.18 Å². The van der Waals surface area contributed by atoms with Crippen LogP contribution in [-0.2, 0) is 20.1 Å². The lowest BCUT2D eigenvalue weighted by Gasteiger charge is -2.10. The Labute approximate surface area is 65.5 Å². The summed E-state index contributed by atoms with van der Waals surface area (Å²) >= 11 is -2.95. The van der Waals surface area contributed by atoms with Crippen molar-refractivity contribution in [3.63, 3.8) is 0 Å². The Morgan fingerprint density at radius 3 is 2.27 bits per heavy atom. The van der Waals surface area contributed by atoms with Crippen LogP contribution < -0.4 is 0 Å². The summed E-state index contributed by atoms with van der Waals surface area (Å²) in [6.07, 6.45) is 0.885. The average molecular weight is 201 g/mol. The number of hydrogen-bond acceptors (Lipinski definition) is 4. The summed E-state index contributed by atoms with van der Waals surface area (Å²) in [4.78, 5) is 16.7. The Morgan fingerprint density at radius 2 is 2.18 bits per heavy atom. The normalized spacial score (nSPS) is 16.2. The minimum Gasteiger partial charge on any atom is -0.740 e. The molecular formula is C3H6O6PS-. The first kappa shape index (κ1) is 10.8. The zero-order valence-electron chi connectivity index (χ0n) is 5.46. The van der Waals surface area contributed by atoms with Gasteiger partial charge in [-0.25, -0.2) is 4.21 Å². The van der Waals surface area contributed by atoms with Gasteiger partial charge in [0.25, 0.3) is 0 Å². The molecule has 11 heavy (non-hydrogen) atoms. The SMILES string of the molecule is CC=C(OS(=O)[O-])P(=O)(O)O. The standard InChI is InChI=1S/C3H7O6PS/c1-2-3(9-11(7)8)10(4,5)6/h2H,1H3,(H,7,8)(H2,4,5,6)/p-1. The van der Waals surface area contributed by atoms with Crippen molar-refractivity contribution in [3.8, 4) is 0 Å². The lowest BCUT2D eigenvalue weighted by molar-refractivity contribution is 0.333. The molecule has 0 saturated carbocycles. The first-order chi connectivity index (χ1) is 4.88. The summed E-state index contributed by atoms with van der Waals surface area (Å²) in [7, 11) is -4.58. The minimum absolute atomic E-state index is 0.870. The van der Waals surface area contributed by atoms with E-state index in [1.54, 1.807) is 0 Å². The third-order valence-corrected chi connectivity index (χ3v) is 2.05. The second-order valence-corrected chi connectivity index (χ2v) is 3.56. The van der Waals surface area contributed by atoms with Crippen molar-refractivity contribution in [2.75, 3.05) is 0 Å². The molecule has 1 unspecified atom stereocenters. The van der Waals surface area contributed by atoms with Gasteiger partial charge < -0.3 is 18.5 Å². The van der Waals surface area contributed by atoms with E-state index in [-0.39, 0.29) is 0 Å². The Balaban J connectivity index is 4.47. The van der Waals surface area contributed by atoms with Gasteiger partial charge in [0.05, 0.1) is 0 Å². The maximum absolute atomic E-state index is 10.3. The molecule has 6 nitrogen and oxygen atoms in total. The Kier molecular flexibility index (Phi) is 3.91. The monoisotopic (exact) mass is 201 g/mol. The molecule has 8 heteroatoms. The topological polar surface area (TPSA) is 107 Å². The minimum atomic E-state index is -4.58. The number of allylic oxidation sites excluding steroid dienone is 1. The molecule has 0 aromatic heterocycles. The fourth-order valence-corrected chi connectivity index (χ4v) is 1.48. The van der Waals surface area contributed by atoms with Crippen LogP contribution in [0.1, 0.15) is 6.92 Å². The van der Waals surface area contributed by atoms with Crippen molar-refractivity contribution >= 4 is 19.0 Å². The van der Waals surface area contributed by atoms with E-state index in [0.717, 1.165) is 6.08 Å². The van der Waals surface area contributed by atoms with Crippen LogP contribution in [0.4, 0.5) is 0 Å². The highest BCUT2D eigenvalue weighted by Crippen LogP contribution is 2.45. The molecule has 1 atom stereocenters. The second kappa shape index (κ2) is 3.99. The van der Waals surface area contributed by atoms with E-state index in [1.807, 2.05) is 0 Å². The fourth-order valence-electron chi connectivity index (χ4n) is 0.335. The maximum atomic E-state index is 10.3. The third kappa shape index (κ3) is 4.28. The predicted molar refractivity (Wildman–Crippen MR) is 35.8 cm³/mol. The van der Waals surface area contributed by atoms with Gasteiger partial charge in [-0.1, -0.05) is 0 Å². The molecule has 0 aromatic carbocycles. The molecule has 0 fully saturated rings. The first-order valence-corrected chi connectivity index (χ1v) is 4.99. The molecule has 0 heterocycles. The highest BCUT2D eigenvalue weighted by molar-refractivity contribution is 7.74. The van der Waals surface area contributed by atoms with Gasteiger partial charge in [0, 0.05) is 0 Å². The lowest BCUT2D eigenvalue weighted by Crippen LogP contribution is -1.96. The molecule has 0 rings (SSSR count). The molecule has 0 aliphatic heterocycles. The molecule has 0 spiro atoms. The lowest BCUT2D eigenvalue weighted by atomic mass is 10.7. The molecule has 66 valence electrons.